The first-order valence-electron chi connectivity index (χ1n) is 6.09. The maximum atomic E-state index is 9.66. The molecule has 96 valence electrons. The molecule has 5 nitrogen and oxygen atoms in total. The number of fused-ring (bicyclic) bond motifs is 1. The highest BCUT2D eigenvalue weighted by Gasteiger charge is 2.28. The van der Waals surface area contributed by atoms with E-state index >= 15 is 0 Å². The highest BCUT2D eigenvalue weighted by Crippen LogP contribution is 2.32. The molecule has 2 aromatic rings. The van der Waals surface area contributed by atoms with Crippen LogP contribution >= 0.6 is 11.3 Å². The fourth-order valence-electron chi connectivity index (χ4n) is 2.47. The van der Waals surface area contributed by atoms with Crippen molar-refractivity contribution in [1.29, 1.82) is 0 Å². The average molecular weight is 264 g/mol. The van der Waals surface area contributed by atoms with Crippen molar-refractivity contribution in [2.75, 3.05) is 23.7 Å². The van der Waals surface area contributed by atoms with E-state index in [2.05, 4.69) is 14.9 Å². The Bertz CT molecular complexity index is 568. The van der Waals surface area contributed by atoms with Crippen molar-refractivity contribution in [3.05, 3.63) is 11.4 Å². The standard InChI is InChI=1S/C12H16N4OS/c1-7(17)8-2-4-16(6-8)10-9-3-5-18-11(9)15-12(13)14-10/h3,5,7-8,17H,2,4,6H2,1H3,(H2,13,14,15). The van der Waals surface area contributed by atoms with E-state index in [-0.39, 0.29) is 6.10 Å². The Hall–Kier alpha value is -1.40. The van der Waals surface area contributed by atoms with E-state index in [4.69, 9.17) is 5.73 Å². The third kappa shape index (κ3) is 1.91. The smallest absolute Gasteiger partial charge is 0.223 e. The monoisotopic (exact) mass is 264 g/mol. The Balaban J connectivity index is 1.97. The van der Waals surface area contributed by atoms with Gasteiger partial charge in [0.05, 0.1) is 11.5 Å². The van der Waals surface area contributed by atoms with Gasteiger partial charge in [0.1, 0.15) is 10.6 Å². The van der Waals surface area contributed by atoms with Crippen LogP contribution in [0.2, 0.25) is 0 Å². The SMILES string of the molecule is CC(O)C1CCN(c2nc(N)nc3sccc23)C1. The van der Waals surface area contributed by atoms with E-state index in [0.29, 0.717) is 11.9 Å². The van der Waals surface area contributed by atoms with E-state index in [1.807, 2.05) is 18.4 Å². The second kappa shape index (κ2) is 4.37. The summed E-state index contributed by atoms with van der Waals surface area (Å²) in [7, 11) is 0. The minimum atomic E-state index is -0.271. The fraction of sp³-hybridized carbons (Fsp3) is 0.500. The zero-order valence-electron chi connectivity index (χ0n) is 10.2. The molecule has 3 rings (SSSR count). The minimum absolute atomic E-state index is 0.271. The topological polar surface area (TPSA) is 75.3 Å². The Kier molecular flexibility index (Phi) is 2.83. The molecule has 1 fully saturated rings. The second-order valence-corrected chi connectivity index (χ2v) is 5.67. The van der Waals surface area contributed by atoms with Gasteiger partial charge in [-0.2, -0.15) is 4.98 Å². The van der Waals surface area contributed by atoms with Gasteiger partial charge < -0.3 is 15.7 Å². The quantitative estimate of drug-likeness (QED) is 0.859. The lowest BCUT2D eigenvalue weighted by atomic mass is 10.0. The first kappa shape index (κ1) is 11.7. The third-order valence-corrected chi connectivity index (χ3v) is 4.34. The summed E-state index contributed by atoms with van der Waals surface area (Å²) >= 11 is 1.57. The van der Waals surface area contributed by atoms with Crippen molar-refractivity contribution < 1.29 is 5.11 Å². The first-order valence-corrected chi connectivity index (χ1v) is 6.97. The van der Waals surface area contributed by atoms with Crippen molar-refractivity contribution in [2.45, 2.75) is 19.4 Å². The van der Waals surface area contributed by atoms with Crippen LogP contribution in [0.4, 0.5) is 11.8 Å². The number of hydrogen-bond acceptors (Lipinski definition) is 6. The molecule has 2 unspecified atom stereocenters. The summed E-state index contributed by atoms with van der Waals surface area (Å²) in [5, 5.41) is 12.7. The van der Waals surface area contributed by atoms with Crippen LogP contribution in [0.15, 0.2) is 11.4 Å². The molecule has 6 heteroatoms. The lowest BCUT2D eigenvalue weighted by Gasteiger charge is -2.19. The van der Waals surface area contributed by atoms with Gasteiger partial charge in [-0.25, -0.2) is 4.98 Å². The molecule has 1 aliphatic rings. The number of rotatable bonds is 2. The van der Waals surface area contributed by atoms with Gasteiger partial charge in [0, 0.05) is 19.0 Å². The zero-order valence-corrected chi connectivity index (χ0v) is 11.0. The molecule has 0 spiro atoms. The normalized spacial score (nSPS) is 21.7. The highest BCUT2D eigenvalue weighted by molar-refractivity contribution is 7.16. The van der Waals surface area contributed by atoms with Crippen LogP contribution in [0, 0.1) is 5.92 Å². The Labute approximate surface area is 109 Å². The van der Waals surface area contributed by atoms with E-state index in [1.54, 1.807) is 11.3 Å². The Morgan fingerprint density at radius 1 is 1.56 bits per heavy atom. The Morgan fingerprint density at radius 2 is 2.39 bits per heavy atom. The first-order chi connectivity index (χ1) is 8.65. The third-order valence-electron chi connectivity index (χ3n) is 3.53. The molecule has 0 bridgehead atoms. The molecule has 0 saturated carbocycles. The van der Waals surface area contributed by atoms with Crippen molar-refractivity contribution in [3.8, 4) is 0 Å². The fourth-order valence-corrected chi connectivity index (χ4v) is 3.24. The number of anilines is 2. The number of nitrogen functional groups attached to an aromatic ring is 1. The summed E-state index contributed by atoms with van der Waals surface area (Å²) in [6.45, 7) is 3.60. The highest BCUT2D eigenvalue weighted by atomic mass is 32.1. The van der Waals surface area contributed by atoms with Crippen molar-refractivity contribution in [1.82, 2.24) is 9.97 Å². The molecule has 0 amide bonds. The van der Waals surface area contributed by atoms with Crippen LogP contribution in [-0.2, 0) is 0 Å². The number of aliphatic hydroxyl groups excluding tert-OH is 1. The molecule has 0 aromatic carbocycles. The molecule has 3 heterocycles. The second-order valence-electron chi connectivity index (χ2n) is 4.78. The predicted molar refractivity (Wildman–Crippen MR) is 73.8 cm³/mol. The maximum absolute atomic E-state index is 9.66. The molecule has 3 N–H and O–H groups in total. The van der Waals surface area contributed by atoms with Gasteiger partial charge in [0.25, 0.3) is 0 Å². The van der Waals surface area contributed by atoms with Crippen molar-refractivity contribution in [3.63, 3.8) is 0 Å². The molecule has 2 atom stereocenters. The largest absolute Gasteiger partial charge is 0.393 e. The van der Waals surface area contributed by atoms with Crippen LogP contribution < -0.4 is 10.6 Å². The van der Waals surface area contributed by atoms with Crippen molar-refractivity contribution in [2.24, 2.45) is 5.92 Å². The van der Waals surface area contributed by atoms with E-state index in [0.717, 1.165) is 35.5 Å². The number of thiophene rings is 1. The van der Waals surface area contributed by atoms with Gasteiger partial charge in [-0.1, -0.05) is 0 Å². The average Bonchev–Trinajstić information content (AvgIpc) is 2.95. The van der Waals surface area contributed by atoms with E-state index in [9.17, 15) is 5.11 Å². The van der Waals surface area contributed by atoms with Crippen LogP contribution in [0.25, 0.3) is 10.2 Å². The van der Waals surface area contributed by atoms with Gasteiger partial charge in [0.15, 0.2) is 0 Å². The zero-order chi connectivity index (χ0) is 12.7. The number of aliphatic hydroxyl groups is 1. The summed E-state index contributed by atoms with van der Waals surface area (Å²) in [5.41, 5.74) is 5.75. The molecule has 1 saturated heterocycles. The summed E-state index contributed by atoms with van der Waals surface area (Å²) in [6, 6.07) is 2.03. The number of nitrogens with zero attached hydrogens (tertiary/aromatic N) is 3. The van der Waals surface area contributed by atoms with Gasteiger partial charge >= 0.3 is 0 Å². The molecule has 0 radical (unpaired) electrons. The molecular weight excluding hydrogens is 248 g/mol. The van der Waals surface area contributed by atoms with Crippen LogP contribution in [-0.4, -0.2) is 34.3 Å². The number of aromatic nitrogens is 2. The summed E-state index contributed by atoms with van der Waals surface area (Å²) in [5.74, 6) is 1.54. The summed E-state index contributed by atoms with van der Waals surface area (Å²) < 4.78 is 0. The molecule has 2 aromatic heterocycles. The van der Waals surface area contributed by atoms with Crippen LogP contribution in [0.1, 0.15) is 13.3 Å². The van der Waals surface area contributed by atoms with Crippen LogP contribution in [0.5, 0.6) is 0 Å². The van der Waals surface area contributed by atoms with E-state index < -0.39 is 0 Å². The molecule has 0 aliphatic carbocycles. The predicted octanol–water partition coefficient (Wildman–Crippen LogP) is 1.48. The lowest BCUT2D eigenvalue weighted by Crippen LogP contribution is -2.25. The molecule has 18 heavy (non-hydrogen) atoms. The van der Waals surface area contributed by atoms with E-state index in [1.165, 1.54) is 0 Å². The van der Waals surface area contributed by atoms with Crippen LogP contribution in [0.3, 0.4) is 0 Å². The summed E-state index contributed by atoms with van der Waals surface area (Å²) in [6.07, 6.45) is 0.722. The summed E-state index contributed by atoms with van der Waals surface area (Å²) in [4.78, 5) is 11.7. The number of nitrogens with two attached hydrogens (primary N) is 1. The molecular formula is C12H16N4OS. The van der Waals surface area contributed by atoms with Gasteiger partial charge in [0.2, 0.25) is 5.95 Å². The minimum Gasteiger partial charge on any atom is -0.393 e. The lowest BCUT2D eigenvalue weighted by molar-refractivity contribution is 0.136. The van der Waals surface area contributed by atoms with Crippen molar-refractivity contribution >= 4 is 33.3 Å². The number of hydrogen-bond donors (Lipinski definition) is 2. The molecule has 1 aliphatic heterocycles. The maximum Gasteiger partial charge on any atom is 0.223 e. The Morgan fingerprint density at radius 3 is 3.11 bits per heavy atom. The van der Waals surface area contributed by atoms with Gasteiger partial charge in [-0.3, -0.25) is 0 Å². The van der Waals surface area contributed by atoms with Gasteiger partial charge in [-0.05, 0) is 24.8 Å². The van der Waals surface area contributed by atoms with Gasteiger partial charge in [-0.15, -0.1) is 11.3 Å².